The number of nitrogens with one attached hydrogen (secondary N) is 1. The number of fused-ring (bicyclic) bond motifs is 2. The molecule has 180 valence electrons. The Morgan fingerprint density at radius 3 is 2.38 bits per heavy atom. The van der Waals surface area contributed by atoms with E-state index in [2.05, 4.69) is 31.1 Å². The monoisotopic (exact) mass is 473 g/mol. The van der Waals surface area contributed by atoms with Gasteiger partial charge in [-0.2, -0.15) is 13.2 Å². The Labute approximate surface area is 194 Å². The highest BCUT2D eigenvalue weighted by Crippen LogP contribution is 2.40. The van der Waals surface area contributed by atoms with E-state index in [9.17, 15) is 23.1 Å². The van der Waals surface area contributed by atoms with Crippen LogP contribution in [-0.2, 0) is 6.18 Å². The number of alkyl halides is 3. The molecule has 0 atom stereocenters. The number of imidazole rings is 1. The molecule has 4 rings (SSSR count). The van der Waals surface area contributed by atoms with Crippen LogP contribution in [0.5, 0.6) is 5.75 Å². The first kappa shape index (κ1) is 23.7. The summed E-state index contributed by atoms with van der Waals surface area (Å²) in [5, 5.41) is 14.6. The summed E-state index contributed by atoms with van der Waals surface area (Å²) in [7, 11) is 0. The van der Waals surface area contributed by atoms with Crippen LogP contribution in [0.25, 0.3) is 27.9 Å². The van der Waals surface area contributed by atoms with Gasteiger partial charge in [0, 0.05) is 11.7 Å². The van der Waals surface area contributed by atoms with Crippen LogP contribution in [0.3, 0.4) is 0 Å². The molecule has 0 aliphatic heterocycles. The van der Waals surface area contributed by atoms with Gasteiger partial charge in [-0.25, -0.2) is 9.78 Å². The molecular weight excluding hydrogens is 447 g/mol. The van der Waals surface area contributed by atoms with E-state index < -0.39 is 22.9 Å². The number of benzene rings is 1. The zero-order valence-electron chi connectivity index (χ0n) is 19.5. The van der Waals surface area contributed by atoms with Crippen LogP contribution in [0, 0.1) is 5.41 Å². The van der Waals surface area contributed by atoms with Gasteiger partial charge in [-0.1, -0.05) is 32.9 Å². The van der Waals surface area contributed by atoms with Crippen molar-refractivity contribution in [3.63, 3.8) is 0 Å². The lowest BCUT2D eigenvalue weighted by Crippen LogP contribution is -2.36. The Bertz CT molecular complexity index is 1440. The highest BCUT2D eigenvalue weighted by atomic mass is 19.4. The van der Waals surface area contributed by atoms with E-state index in [4.69, 9.17) is 4.42 Å². The molecule has 0 aliphatic carbocycles. The van der Waals surface area contributed by atoms with Crippen LogP contribution in [-0.4, -0.2) is 20.0 Å². The van der Waals surface area contributed by atoms with Gasteiger partial charge in [-0.15, -0.1) is 0 Å². The molecule has 6 nitrogen and oxygen atoms in total. The Hall–Kier alpha value is -3.49. The van der Waals surface area contributed by atoms with Crippen molar-refractivity contribution in [1.82, 2.24) is 9.38 Å². The number of aromatic hydroxyl groups is 1. The van der Waals surface area contributed by atoms with Gasteiger partial charge < -0.3 is 14.8 Å². The number of pyridine rings is 1. The molecule has 2 N–H and O–H groups in total. The minimum Gasteiger partial charge on any atom is -0.506 e. The maximum atomic E-state index is 13.5. The second-order valence-electron chi connectivity index (χ2n) is 10.3. The van der Waals surface area contributed by atoms with Crippen LogP contribution >= 0.6 is 0 Å². The van der Waals surface area contributed by atoms with E-state index in [1.165, 1.54) is 10.5 Å². The average Bonchev–Trinajstić information content (AvgIpc) is 3.02. The third kappa shape index (κ3) is 4.47. The Balaban J connectivity index is 2.02. The summed E-state index contributed by atoms with van der Waals surface area (Å²) >= 11 is 0. The van der Waals surface area contributed by atoms with Gasteiger partial charge in [-0.05, 0) is 49.9 Å². The second kappa shape index (κ2) is 7.78. The van der Waals surface area contributed by atoms with Gasteiger partial charge in [0.2, 0.25) is 0 Å². The van der Waals surface area contributed by atoms with E-state index in [0.717, 1.165) is 12.3 Å². The van der Waals surface area contributed by atoms with Crippen LogP contribution in [0.1, 0.15) is 46.6 Å². The molecule has 0 saturated carbocycles. The molecule has 0 amide bonds. The van der Waals surface area contributed by atoms with Crippen molar-refractivity contribution in [1.29, 1.82) is 0 Å². The van der Waals surface area contributed by atoms with Crippen LogP contribution in [0.15, 0.2) is 51.8 Å². The van der Waals surface area contributed by atoms with E-state index >= 15 is 0 Å². The number of rotatable bonds is 4. The fraction of sp³-hybridized carbons (Fsp3) is 0.360. The van der Waals surface area contributed by atoms with Crippen molar-refractivity contribution < 1.29 is 22.7 Å². The normalized spacial score (nSPS) is 13.1. The highest BCUT2D eigenvalue weighted by molar-refractivity contribution is 5.92. The van der Waals surface area contributed by atoms with Gasteiger partial charge in [0.15, 0.2) is 0 Å². The molecule has 0 aliphatic rings. The number of nitrogens with zero attached hydrogens (tertiary/aromatic N) is 2. The Kier molecular flexibility index (Phi) is 5.42. The van der Waals surface area contributed by atoms with Crippen LogP contribution in [0.2, 0.25) is 0 Å². The molecule has 4 aromatic rings. The quantitative estimate of drug-likeness (QED) is 0.333. The van der Waals surface area contributed by atoms with Crippen LogP contribution in [0.4, 0.5) is 19.0 Å². The molecule has 0 spiro atoms. The van der Waals surface area contributed by atoms with Gasteiger partial charge >= 0.3 is 11.8 Å². The zero-order chi connectivity index (χ0) is 25.1. The van der Waals surface area contributed by atoms with E-state index in [0.29, 0.717) is 11.8 Å². The largest absolute Gasteiger partial charge is 0.506 e. The number of halogens is 3. The van der Waals surface area contributed by atoms with Crippen molar-refractivity contribution >= 4 is 22.4 Å². The maximum Gasteiger partial charge on any atom is 0.417 e. The van der Waals surface area contributed by atoms with E-state index in [-0.39, 0.29) is 39.5 Å². The van der Waals surface area contributed by atoms with Gasteiger partial charge in [0.25, 0.3) is 0 Å². The first-order valence-electron chi connectivity index (χ1n) is 10.8. The molecule has 34 heavy (non-hydrogen) atoms. The standard InChI is InChI=1S/C25H26F3N3O3/c1-23(2,3)13-24(4,5)30-21-19(29-17-11-10-14(12-31(17)21)25(26,27)28)18-20(32)15-8-6-7-9-16(15)34-22(18)33/h6-12,30,32H,13H2,1-5H3. The minimum absolute atomic E-state index is 0.0123. The van der Waals surface area contributed by atoms with Crippen LogP contribution < -0.4 is 10.9 Å². The molecular formula is C25H26F3N3O3. The van der Waals surface area contributed by atoms with E-state index in [1.807, 2.05) is 13.8 Å². The smallest absolute Gasteiger partial charge is 0.417 e. The Morgan fingerprint density at radius 1 is 1.06 bits per heavy atom. The molecule has 0 saturated heterocycles. The summed E-state index contributed by atoms with van der Waals surface area (Å²) in [5.74, 6) is -0.184. The third-order valence-corrected chi connectivity index (χ3v) is 5.40. The summed E-state index contributed by atoms with van der Waals surface area (Å²) in [6.07, 6.45) is -2.98. The predicted molar refractivity (Wildman–Crippen MR) is 125 cm³/mol. The topological polar surface area (TPSA) is 79.8 Å². The van der Waals surface area contributed by atoms with Crippen molar-refractivity contribution in [2.75, 3.05) is 5.32 Å². The highest BCUT2D eigenvalue weighted by Gasteiger charge is 2.33. The number of hydrogen-bond donors (Lipinski definition) is 2. The molecule has 0 unspecified atom stereocenters. The summed E-state index contributed by atoms with van der Waals surface area (Å²) < 4.78 is 47.1. The molecule has 0 bridgehead atoms. The molecule has 1 aromatic carbocycles. The predicted octanol–water partition coefficient (Wildman–Crippen LogP) is 6.46. The van der Waals surface area contributed by atoms with Gasteiger partial charge in [0.05, 0.1) is 10.9 Å². The van der Waals surface area contributed by atoms with Gasteiger partial charge in [-0.3, -0.25) is 4.40 Å². The zero-order valence-corrected chi connectivity index (χ0v) is 19.5. The summed E-state index contributed by atoms with van der Waals surface area (Å²) in [5.41, 5.74) is -2.23. The van der Waals surface area contributed by atoms with Crippen molar-refractivity contribution in [3.8, 4) is 17.0 Å². The third-order valence-electron chi connectivity index (χ3n) is 5.40. The number of anilines is 1. The summed E-state index contributed by atoms with van der Waals surface area (Å²) in [6, 6.07) is 8.63. The molecule has 3 heterocycles. The number of hydrogen-bond acceptors (Lipinski definition) is 5. The molecule has 3 aromatic heterocycles. The molecule has 9 heteroatoms. The lowest BCUT2D eigenvalue weighted by atomic mass is 9.82. The fourth-order valence-corrected chi connectivity index (χ4v) is 4.54. The lowest BCUT2D eigenvalue weighted by Gasteiger charge is -2.34. The lowest BCUT2D eigenvalue weighted by molar-refractivity contribution is -0.137. The number of aromatic nitrogens is 2. The summed E-state index contributed by atoms with van der Waals surface area (Å²) in [4.78, 5) is 17.3. The SMILES string of the molecule is CC(C)(C)CC(C)(C)Nc1c(-c2c(O)c3ccccc3oc2=O)nc2ccc(C(F)(F)F)cn12. The average molecular weight is 473 g/mol. The Morgan fingerprint density at radius 2 is 1.74 bits per heavy atom. The first-order valence-corrected chi connectivity index (χ1v) is 10.8. The van der Waals surface area contributed by atoms with Crippen molar-refractivity contribution in [3.05, 3.63) is 58.6 Å². The maximum absolute atomic E-state index is 13.5. The fourth-order valence-electron chi connectivity index (χ4n) is 4.54. The first-order chi connectivity index (χ1) is 15.7. The second-order valence-corrected chi connectivity index (χ2v) is 10.3. The van der Waals surface area contributed by atoms with Crippen molar-refractivity contribution in [2.24, 2.45) is 5.41 Å². The summed E-state index contributed by atoms with van der Waals surface area (Å²) in [6.45, 7) is 9.99. The van der Waals surface area contributed by atoms with Crippen molar-refractivity contribution in [2.45, 2.75) is 52.8 Å². The van der Waals surface area contributed by atoms with Gasteiger partial charge in [0.1, 0.15) is 34.1 Å². The number of para-hydroxylation sites is 1. The molecule has 0 radical (unpaired) electrons. The minimum atomic E-state index is -4.57. The molecule has 0 fully saturated rings. The van der Waals surface area contributed by atoms with E-state index in [1.54, 1.807) is 24.3 Å².